The fourth-order valence-electron chi connectivity index (χ4n) is 2.44. The molecule has 0 fully saturated rings. The minimum Gasteiger partial charge on any atom is -0.450 e. The highest BCUT2D eigenvalue weighted by Crippen LogP contribution is 2.33. The van der Waals surface area contributed by atoms with Crippen molar-refractivity contribution in [2.75, 3.05) is 0 Å². The second kappa shape index (κ2) is 6.97. The SMILES string of the molecule is CC(=O)c1ccc(Oc2ccc(-c3ccccc3)cc2)c([N+](=O)[O-])c1. The Morgan fingerprint density at radius 3 is 2.16 bits per heavy atom. The van der Waals surface area contributed by atoms with Gasteiger partial charge in [-0.25, -0.2) is 0 Å². The molecule has 0 bridgehead atoms. The van der Waals surface area contributed by atoms with Crippen LogP contribution in [0.5, 0.6) is 11.5 Å². The number of ether oxygens (including phenoxy) is 1. The third-order valence-electron chi connectivity index (χ3n) is 3.75. The molecule has 0 aliphatic rings. The molecule has 3 rings (SSSR count). The van der Waals surface area contributed by atoms with E-state index in [-0.39, 0.29) is 22.8 Å². The van der Waals surface area contributed by atoms with Gasteiger partial charge in [0.25, 0.3) is 0 Å². The molecule has 0 heterocycles. The van der Waals surface area contributed by atoms with Crippen LogP contribution in [-0.2, 0) is 0 Å². The lowest BCUT2D eigenvalue weighted by Gasteiger charge is -2.08. The maximum absolute atomic E-state index is 11.4. The molecular formula is C20H15NO4. The lowest BCUT2D eigenvalue weighted by Crippen LogP contribution is -1.98. The molecule has 0 atom stereocenters. The number of hydrogen-bond donors (Lipinski definition) is 0. The van der Waals surface area contributed by atoms with Crippen LogP contribution in [0.2, 0.25) is 0 Å². The van der Waals surface area contributed by atoms with Gasteiger partial charge in [0.15, 0.2) is 5.78 Å². The number of nitro benzene ring substituents is 1. The van der Waals surface area contributed by atoms with E-state index in [1.54, 1.807) is 12.1 Å². The number of benzene rings is 3. The van der Waals surface area contributed by atoms with Gasteiger partial charge >= 0.3 is 5.69 Å². The Labute approximate surface area is 144 Å². The summed E-state index contributed by atoms with van der Waals surface area (Å²) in [6, 6.07) is 21.3. The average Bonchev–Trinajstić information content (AvgIpc) is 2.63. The predicted molar refractivity (Wildman–Crippen MR) is 95.1 cm³/mol. The predicted octanol–water partition coefficient (Wildman–Crippen LogP) is 5.26. The van der Waals surface area contributed by atoms with Crippen molar-refractivity contribution < 1.29 is 14.5 Å². The second-order valence-corrected chi connectivity index (χ2v) is 5.49. The molecule has 0 amide bonds. The van der Waals surface area contributed by atoms with Gasteiger partial charge < -0.3 is 4.74 Å². The van der Waals surface area contributed by atoms with Crippen molar-refractivity contribution in [3.63, 3.8) is 0 Å². The number of carbonyl (C=O) groups is 1. The van der Waals surface area contributed by atoms with Crippen molar-refractivity contribution in [1.29, 1.82) is 0 Å². The third kappa shape index (κ3) is 3.72. The quantitative estimate of drug-likeness (QED) is 0.363. The van der Waals surface area contributed by atoms with E-state index in [2.05, 4.69) is 0 Å². The van der Waals surface area contributed by atoms with Gasteiger partial charge in [-0.2, -0.15) is 0 Å². The normalized spacial score (nSPS) is 10.3. The standard InChI is InChI=1S/C20H15NO4/c1-14(22)17-9-12-20(19(13-17)21(23)24)25-18-10-7-16(8-11-18)15-5-3-2-4-6-15/h2-13H,1H3. The van der Waals surface area contributed by atoms with Crippen molar-refractivity contribution in [2.45, 2.75) is 6.92 Å². The molecule has 0 aromatic heterocycles. The Morgan fingerprint density at radius 1 is 0.920 bits per heavy atom. The average molecular weight is 333 g/mol. The van der Waals surface area contributed by atoms with E-state index in [4.69, 9.17) is 4.74 Å². The summed E-state index contributed by atoms with van der Waals surface area (Å²) >= 11 is 0. The van der Waals surface area contributed by atoms with Gasteiger partial charge in [0.05, 0.1) is 4.92 Å². The summed E-state index contributed by atoms with van der Waals surface area (Å²) in [7, 11) is 0. The number of nitrogens with zero attached hydrogens (tertiary/aromatic N) is 1. The Morgan fingerprint density at radius 2 is 1.56 bits per heavy atom. The number of rotatable bonds is 5. The molecule has 25 heavy (non-hydrogen) atoms. The van der Waals surface area contributed by atoms with E-state index in [9.17, 15) is 14.9 Å². The first-order chi connectivity index (χ1) is 12.0. The van der Waals surface area contributed by atoms with Crippen molar-refractivity contribution in [3.05, 3.63) is 88.5 Å². The zero-order valence-corrected chi connectivity index (χ0v) is 13.5. The molecule has 0 saturated heterocycles. The fourth-order valence-corrected chi connectivity index (χ4v) is 2.44. The van der Waals surface area contributed by atoms with E-state index >= 15 is 0 Å². The van der Waals surface area contributed by atoms with Gasteiger partial charge in [-0.1, -0.05) is 42.5 Å². The van der Waals surface area contributed by atoms with Gasteiger partial charge in [0.2, 0.25) is 5.75 Å². The lowest BCUT2D eigenvalue weighted by molar-refractivity contribution is -0.385. The summed E-state index contributed by atoms with van der Waals surface area (Å²) < 4.78 is 5.64. The van der Waals surface area contributed by atoms with Gasteiger partial charge in [-0.05, 0) is 42.3 Å². The first kappa shape index (κ1) is 16.4. The van der Waals surface area contributed by atoms with Crippen molar-refractivity contribution >= 4 is 11.5 Å². The van der Waals surface area contributed by atoms with Crippen molar-refractivity contribution in [1.82, 2.24) is 0 Å². The van der Waals surface area contributed by atoms with Crippen LogP contribution in [0.4, 0.5) is 5.69 Å². The van der Waals surface area contributed by atoms with Gasteiger partial charge in [-0.15, -0.1) is 0 Å². The first-order valence-corrected chi connectivity index (χ1v) is 7.67. The molecule has 3 aromatic carbocycles. The summed E-state index contributed by atoms with van der Waals surface area (Å²) in [5.74, 6) is 0.350. The summed E-state index contributed by atoms with van der Waals surface area (Å²) in [6.07, 6.45) is 0. The monoisotopic (exact) mass is 333 g/mol. The smallest absolute Gasteiger partial charge is 0.312 e. The highest BCUT2D eigenvalue weighted by atomic mass is 16.6. The molecule has 5 nitrogen and oxygen atoms in total. The number of Topliss-reactive ketones (excluding diaryl/α,β-unsaturated/α-hetero) is 1. The van der Waals surface area contributed by atoms with Crippen molar-refractivity contribution in [3.8, 4) is 22.6 Å². The van der Waals surface area contributed by atoms with E-state index in [1.807, 2.05) is 42.5 Å². The van der Waals surface area contributed by atoms with Gasteiger partial charge in [0.1, 0.15) is 5.75 Å². The van der Waals surface area contributed by atoms with Crippen LogP contribution in [0.1, 0.15) is 17.3 Å². The Balaban J connectivity index is 1.87. The van der Waals surface area contributed by atoms with Crippen LogP contribution in [0, 0.1) is 10.1 Å². The molecule has 0 aliphatic carbocycles. The van der Waals surface area contributed by atoms with Crippen molar-refractivity contribution in [2.24, 2.45) is 0 Å². The maximum Gasteiger partial charge on any atom is 0.312 e. The number of hydrogen-bond acceptors (Lipinski definition) is 4. The van der Waals surface area contributed by atoms with E-state index < -0.39 is 4.92 Å². The molecule has 0 aliphatic heterocycles. The molecule has 3 aromatic rings. The molecule has 0 saturated carbocycles. The Hall–Kier alpha value is -3.47. The highest BCUT2D eigenvalue weighted by Gasteiger charge is 2.18. The molecule has 5 heteroatoms. The Kier molecular flexibility index (Phi) is 4.57. The van der Waals surface area contributed by atoms with Crippen LogP contribution < -0.4 is 4.74 Å². The van der Waals surface area contributed by atoms with Crippen LogP contribution in [0.15, 0.2) is 72.8 Å². The van der Waals surface area contributed by atoms with Gasteiger partial charge in [0, 0.05) is 11.6 Å². The molecular weight excluding hydrogens is 318 g/mol. The lowest BCUT2D eigenvalue weighted by atomic mass is 10.1. The summed E-state index contributed by atoms with van der Waals surface area (Å²) in [4.78, 5) is 22.1. The fraction of sp³-hybridized carbons (Fsp3) is 0.0500. The zero-order valence-electron chi connectivity index (χ0n) is 13.5. The largest absolute Gasteiger partial charge is 0.450 e. The Bertz CT molecular complexity index is 918. The van der Waals surface area contributed by atoms with E-state index in [0.29, 0.717) is 5.75 Å². The third-order valence-corrected chi connectivity index (χ3v) is 3.75. The minimum atomic E-state index is -0.555. The zero-order chi connectivity index (χ0) is 17.8. The molecule has 0 unspecified atom stereocenters. The van der Waals surface area contributed by atoms with Crippen LogP contribution in [0.3, 0.4) is 0 Å². The summed E-state index contributed by atoms with van der Waals surface area (Å²) in [5.41, 5.74) is 2.14. The highest BCUT2D eigenvalue weighted by molar-refractivity contribution is 5.95. The first-order valence-electron chi connectivity index (χ1n) is 7.67. The van der Waals surface area contributed by atoms with Crippen LogP contribution in [0.25, 0.3) is 11.1 Å². The summed E-state index contributed by atoms with van der Waals surface area (Å²) in [5, 5.41) is 11.2. The summed E-state index contributed by atoms with van der Waals surface area (Å²) in [6.45, 7) is 1.36. The van der Waals surface area contributed by atoms with Crippen LogP contribution >= 0.6 is 0 Å². The second-order valence-electron chi connectivity index (χ2n) is 5.49. The van der Waals surface area contributed by atoms with Gasteiger partial charge in [-0.3, -0.25) is 14.9 Å². The molecule has 124 valence electrons. The minimum absolute atomic E-state index is 0.0995. The topological polar surface area (TPSA) is 69.4 Å². The van der Waals surface area contributed by atoms with Crippen LogP contribution in [-0.4, -0.2) is 10.7 Å². The molecule has 0 radical (unpaired) electrons. The maximum atomic E-state index is 11.4. The van der Waals surface area contributed by atoms with E-state index in [1.165, 1.54) is 25.1 Å². The molecule has 0 N–H and O–H groups in total. The van der Waals surface area contributed by atoms with E-state index in [0.717, 1.165) is 11.1 Å². The molecule has 0 spiro atoms. The number of carbonyl (C=O) groups excluding carboxylic acids is 1. The number of nitro groups is 1. The number of ketones is 1.